The smallest absolute Gasteiger partial charge is 0.261 e. The van der Waals surface area contributed by atoms with Gasteiger partial charge in [0.25, 0.3) is 5.91 Å². The van der Waals surface area contributed by atoms with Gasteiger partial charge in [-0.25, -0.2) is 0 Å². The number of H-pyrrole nitrogens is 1. The molecule has 4 heteroatoms. The van der Waals surface area contributed by atoms with Crippen molar-refractivity contribution in [2.75, 3.05) is 13.2 Å². The Hall–Kier alpha value is -3.53. The second-order valence-corrected chi connectivity index (χ2v) is 7.89. The van der Waals surface area contributed by atoms with E-state index in [1.54, 1.807) is 0 Å². The van der Waals surface area contributed by atoms with Crippen LogP contribution < -0.4 is 4.74 Å². The molecule has 4 nitrogen and oxygen atoms in total. The molecule has 0 aliphatic heterocycles. The SMILES string of the molecule is CCN(C(=O)COc1cccc(C)c1)C(c1ccc(C)cc1)c1c[nH]c2ccccc12. The van der Waals surface area contributed by atoms with Gasteiger partial charge in [-0.2, -0.15) is 0 Å². The zero-order chi connectivity index (χ0) is 21.8. The third-order valence-electron chi connectivity index (χ3n) is 5.63. The van der Waals surface area contributed by atoms with Gasteiger partial charge in [-0.15, -0.1) is 0 Å². The second-order valence-electron chi connectivity index (χ2n) is 7.89. The summed E-state index contributed by atoms with van der Waals surface area (Å²) in [6.45, 7) is 6.68. The van der Waals surface area contributed by atoms with E-state index in [2.05, 4.69) is 48.3 Å². The predicted molar refractivity (Wildman–Crippen MR) is 125 cm³/mol. The van der Waals surface area contributed by atoms with Crippen molar-refractivity contribution < 1.29 is 9.53 Å². The van der Waals surface area contributed by atoms with E-state index in [-0.39, 0.29) is 18.6 Å². The Morgan fingerprint density at radius 2 is 1.74 bits per heavy atom. The fourth-order valence-electron chi connectivity index (χ4n) is 4.03. The van der Waals surface area contributed by atoms with Crippen LogP contribution in [0.5, 0.6) is 5.75 Å². The van der Waals surface area contributed by atoms with Crippen molar-refractivity contribution in [1.29, 1.82) is 0 Å². The Kier molecular flexibility index (Phi) is 6.08. The van der Waals surface area contributed by atoms with Crippen LogP contribution >= 0.6 is 0 Å². The number of fused-ring (bicyclic) bond motifs is 1. The van der Waals surface area contributed by atoms with Gasteiger partial charge in [0.2, 0.25) is 0 Å². The van der Waals surface area contributed by atoms with Crippen molar-refractivity contribution in [3.05, 3.63) is 101 Å². The number of nitrogens with zero attached hydrogens (tertiary/aromatic N) is 1. The summed E-state index contributed by atoms with van der Waals surface area (Å²) < 4.78 is 5.84. The molecule has 1 heterocycles. The average Bonchev–Trinajstić information content (AvgIpc) is 3.20. The maximum Gasteiger partial charge on any atom is 0.261 e. The number of aromatic nitrogens is 1. The summed E-state index contributed by atoms with van der Waals surface area (Å²) in [6.07, 6.45) is 2.02. The standard InChI is InChI=1S/C27H28N2O2/c1-4-29(26(30)18-31-22-9-7-8-20(3)16-22)27(21-14-12-19(2)13-15-21)24-17-28-25-11-6-5-10-23(24)25/h5-17,27-28H,4,18H2,1-3H3. The lowest BCUT2D eigenvalue weighted by molar-refractivity contribution is -0.134. The minimum atomic E-state index is -0.199. The molecular weight excluding hydrogens is 384 g/mol. The third kappa shape index (κ3) is 4.48. The highest BCUT2D eigenvalue weighted by Crippen LogP contribution is 2.34. The monoisotopic (exact) mass is 412 g/mol. The van der Waals surface area contributed by atoms with Crippen molar-refractivity contribution in [2.24, 2.45) is 0 Å². The summed E-state index contributed by atoms with van der Waals surface area (Å²) in [7, 11) is 0. The van der Waals surface area contributed by atoms with Crippen LogP contribution in [0.1, 0.15) is 35.2 Å². The molecule has 0 saturated carbocycles. The van der Waals surface area contributed by atoms with Crippen LogP contribution in [0.4, 0.5) is 0 Å². The highest BCUT2D eigenvalue weighted by Gasteiger charge is 2.28. The van der Waals surface area contributed by atoms with Crippen LogP contribution in [-0.4, -0.2) is 28.9 Å². The van der Waals surface area contributed by atoms with E-state index in [1.165, 1.54) is 5.56 Å². The zero-order valence-corrected chi connectivity index (χ0v) is 18.3. The molecule has 1 atom stereocenters. The number of nitrogens with one attached hydrogen (secondary N) is 1. The Labute approximate surface area is 183 Å². The molecule has 1 unspecified atom stereocenters. The minimum Gasteiger partial charge on any atom is -0.484 e. The molecule has 3 aromatic carbocycles. The van der Waals surface area contributed by atoms with Gasteiger partial charge < -0.3 is 14.6 Å². The molecule has 0 aliphatic rings. The number of hydrogen-bond donors (Lipinski definition) is 1. The second kappa shape index (κ2) is 9.09. The third-order valence-corrected chi connectivity index (χ3v) is 5.63. The Morgan fingerprint density at radius 1 is 0.968 bits per heavy atom. The van der Waals surface area contributed by atoms with Gasteiger partial charge in [-0.3, -0.25) is 4.79 Å². The van der Waals surface area contributed by atoms with Crippen LogP contribution in [-0.2, 0) is 4.79 Å². The summed E-state index contributed by atoms with van der Waals surface area (Å²) in [5, 5.41) is 1.12. The molecule has 0 saturated heterocycles. The normalized spacial score (nSPS) is 12.0. The van der Waals surface area contributed by atoms with E-state index in [4.69, 9.17) is 4.74 Å². The molecule has 0 fully saturated rings. The molecule has 31 heavy (non-hydrogen) atoms. The number of aryl methyl sites for hydroxylation is 2. The molecule has 1 aromatic heterocycles. The highest BCUT2D eigenvalue weighted by molar-refractivity contribution is 5.86. The first-order chi connectivity index (χ1) is 15.1. The Bertz CT molecular complexity index is 1180. The lowest BCUT2D eigenvalue weighted by Crippen LogP contribution is -2.38. The molecule has 158 valence electrons. The summed E-state index contributed by atoms with van der Waals surface area (Å²) in [6, 6.07) is 24.2. The van der Waals surface area contributed by atoms with E-state index in [0.29, 0.717) is 12.3 Å². The van der Waals surface area contributed by atoms with Gasteiger partial charge in [0.1, 0.15) is 5.75 Å². The van der Waals surface area contributed by atoms with Crippen LogP contribution in [0.25, 0.3) is 10.9 Å². The number of likely N-dealkylation sites (N-methyl/N-ethyl adjacent to an activating group) is 1. The number of ether oxygens (including phenoxy) is 1. The van der Waals surface area contributed by atoms with Crippen molar-refractivity contribution in [2.45, 2.75) is 26.8 Å². The maximum absolute atomic E-state index is 13.3. The summed E-state index contributed by atoms with van der Waals surface area (Å²) >= 11 is 0. The fraction of sp³-hybridized carbons (Fsp3) is 0.222. The summed E-state index contributed by atoms with van der Waals surface area (Å²) in [5.41, 5.74) is 5.53. The summed E-state index contributed by atoms with van der Waals surface area (Å²) in [5.74, 6) is 0.670. The average molecular weight is 413 g/mol. The van der Waals surface area contributed by atoms with Crippen molar-refractivity contribution in [3.63, 3.8) is 0 Å². The Morgan fingerprint density at radius 3 is 2.48 bits per heavy atom. The maximum atomic E-state index is 13.3. The van der Waals surface area contributed by atoms with Gasteiger partial charge >= 0.3 is 0 Å². The molecule has 1 N–H and O–H groups in total. The molecule has 0 bridgehead atoms. The number of para-hydroxylation sites is 1. The van der Waals surface area contributed by atoms with E-state index in [0.717, 1.165) is 27.6 Å². The lowest BCUT2D eigenvalue weighted by Gasteiger charge is -2.31. The van der Waals surface area contributed by atoms with E-state index in [1.807, 2.05) is 61.3 Å². The minimum absolute atomic E-state index is 0.00199. The topological polar surface area (TPSA) is 45.3 Å². The number of hydrogen-bond acceptors (Lipinski definition) is 2. The van der Waals surface area contributed by atoms with Gasteiger partial charge in [-0.1, -0.05) is 60.2 Å². The van der Waals surface area contributed by atoms with Crippen LogP contribution in [0.15, 0.2) is 79.0 Å². The van der Waals surface area contributed by atoms with Crippen LogP contribution in [0.3, 0.4) is 0 Å². The Balaban J connectivity index is 1.68. The largest absolute Gasteiger partial charge is 0.484 e. The molecule has 1 amide bonds. The van der Waals surface area contributed by atoms with E-state index >= 15 is 0 Å². The number of aromatic amines is 1. The van der Waals surface area contributed by atoms with Crippen LogP contribution in [0, 0.1) is 13.8 Å². The summed E-state index contributed by atoms with van der Waals surface area (Å²) in [4.78, 5) is 18.6. The van der Waals surface area contributed by atoms with Crippen LogP contribution in [0.2, 0.25) is 0 Å². The number of benzene rings is 3. The zero-order valence-electron chi connectivity index (χ0n) is 18.3. The number of rotatable bonds is 7. The van der Waals surface area contributed by atoms with Crippen molar-refractivity contribution in [1.82, 2.24) is 9.88 Å². The molecular formula is C27H28N2O2. The van der Waals surface area contributed by atoms with Gasteiger partial charge in [0.05, 0.1) is 6.04 Å². The lowest BCUT2D eigenvalue weighted by atomic mass is 9.95. The fourth-order valence-corrected chi connectivity index (χ4v) is 4.03. The quantitative estimate of drug-likeness (QED) is 0.417. The van der Waals surface area contributed by atoms with Crippen molar-refractivity contribution >= 4 is 16.8 Å². The molecule has 0 radical (unpaired) electrons. The van der Waals surface area contributed by atoms with E-state index in [9.17, 15) is 4.79 Å². The van der Waals surface area contributed by atoms with E-state index < -0.39 is 0 Å². The van der Waals surface area contributed by atoms with Gasteiger partial charge in [-0.05, 0) is 50.1 Å². The van der Waals surface area contributed by atoms with Gasteiger partial charge in [0.15, 0.2) is 6.61 Å². The first kappa shape index (κ1) is 20.7. The first-order valence-corrected chi connectivity index (χ1v) is 10.7. The molecule has 0 spiro atoms. The molecule has 4 rings (SSSR count). The highest BCUT2D eigenvalue weighted by atomic mass is 16.5. The number of carbonyl (C=O) groups is 1. The number of amides is 1. The molecule has 4 aromatic rings. The van der Waals surface area contributed by atoms with Crippen molar-refractivity contribution in [3.8, 4) is 5.75 Å². The number of carbonyl (C=O) groups excluding carboxylic acids is 1. The van der Waals surface area contributed by atoms with Gasteiger partial charge in [0, 0.05) is 29.2 Å². The first-order valence-electron chi connectivity index (χ1n) is 10.7. The molecule has 0 aliphatic carbocycles. The predicted octanol–water partition coefficient (Wildman–Crippen LogP) is 5.80.